The van der Waals surface area contributed by atoms with Crippen molar-refractivity contribution in [1.82, 2.24) is 52.0 Å². The number of amides is 11. The van der Waals surface area contributed by atoms with Crippen molar-refractivity contribution in [3.05, 3.63) is 144 Å². The van der Waals surface area contributed by atoms with Crippen molar-refractivity contribution in [3.63, 3.8) is 0 Å². The quantitative estimate of drug-likeness (QED) is 0.0134. The number of rotatable bonds is 33. The Balaban J connectivity index is 0.00000120. The minimum Gasteiger partial charge on any atom is -1.00 e. The Kier molecular flexibility index (Phi) is 43.5. The molecule has 117 heavy (non-hydrogen) atoms. The third kappa shape index (κ3) is 37.3. The summed E-state index contributed by atoms with van der Waals surface area (Å²) in [6.45, 7) is 13.5. The van der Waals surface area contributed by atoms with E-state index in [9.17, 15) is 89.3 Å². The number of carbonyl (C=O) groups excluding carboxylic acids is 11. The van der Waals surface area contributed by atoms with E-state index in [1.807, 2.05) is 24.3 Å². The van der Waals surface area contributed by atoms with Crippen LogP contribution in [0.25, 0.3) is 21.8 Å². The Morgan fingerprint density at radius 3 is 1.27 bits per heavy atom. The number of pyridine rings is 2. The molecule has 6 atom stereocenters. The van der Waals surface area contributed by atoms with Gasteiger partial charge in [-0.15, -0.1) is 0 Å². The average Bonchev–Trinajstić information content (AvgIpc) is 0.837. The van der Waals surface area contributed by atoms with Crippen molar-refractivity contribution in [2.24, 2.45) is 0 Å². The van der Waals surface area contributed by atoms with Gasteiger partial charge in [0.05, 0.1) is 74.2 Å². The van der Waals surface area contributed by atoms with E-state index in [0.717, 1.165) is 52.2 Å². The van der Waals surface area contributed by atoms with Crippen molar-refractivity contribution in [1.29, 1.82) is 0 Å². The van der Waals surface area contributed by atoms with Gasteiger partial charge in [0.1, 0.15) is 59.3 Å². The van der Waals surface area contributed by atoms with Crippen LogP contribution >= 0.6 is 0 Å². The van der Waals surface area contributed by atoms with E-state index in [0.29, 0.717) is 35.2 Å². The van der Waals surface area contributed by atoms with Crippen molar-refractivity contribution in [2.45, 2.75) is 153 Å². The van der Waals surface area contributed by atoms with Gasteiger partial charge in [0.15, 0.2) is 12.2 Å². The maximum Gasteiger partial charge on any atom is 0.416 e. The molecule has 6 rings (SSSR count). The van der Waals surface area contributed by atoms with Crippen LogP contribution in [0.2, 0.25) is 0 Å². The summed E-state index contributed by atoms with van der Waals surface area (Å²) in [7, 11) is 0. The maximum atomic E-state index is 14.4. The average molecular weight is 1740 g/mol. The van der Waals surface area contributed by atoms with Crippen LogP contribution in [-0.4, -0.2) is 209 Å². The number of fused-ring (bicyclic) bond motifs is 2. The molecule has 0 aliphatic heterocycles. The third-order valence-electron chi connectivity index (χ3n) is 16.0. The van der Waals surface area contributed by atoms with Crippen LogP contribution in [0.1, 0.15) is 97.4 Å². The number of H-pyrrole nitrogens is 1. The van der Waals surface area contributed by atoms with Crippen molar-refractivity contribution in [3.8, 4) is 0 Å². The van der Waals surface area contributed by atoms with E-state index in [1.54, 1.807) is 105 Å². The van der Waals surface area contributed by atoms with E-state index < -0.39 is 168 Å². The number of hydrogen-bond donors (Lipinski definition) is 14. The highest BCUT2D eigenvalue weighted by Crippen LogP contribution is 2.31. The molecule has 2 heterocycles. The SMILES string of the molecule is CC(C)(C)OC(=O)NCCN(CCNC(=O)OC(C)(C)C)C(=O)C[C@H](NC(=O)[C@@H](CO)NC(=O)OC(C)(C)C)C(=O)N[C@@H](Cc1ccc(C(F)(F)F)cc1)C(=O)Nc1cnc2ccccc2c1.[Cl-].[Cl-].[Cl-].[Cl-].[NH3+]CCN(CC[NH3+])C(=O)C[C@H](NC(=O)[C@H]([NH3+])CO)C(=O)N[C@@H](Cc1ccc(C(F)(F)F)cc1)C(=O)Nc1c[nH+]c2ccccc2c1. The van der Waals surface area contributed by atoms with Crippen LogP contribution in [0.4, 0.5) is 52.1 Å². The van der Waals surface area contributed by atoms with Gasteiger partial charge in [-0.05, 0) is 122 Å². The predicted octanol–water partition coefficient (Wildman–Crippen LogP) is -10.3. The number of halogens is 10. The van der Waals surface area contributed by atoms with Gasteiger partial charge in [-0.25, -0.2) is 19.4 Å². The molecule has 648 valence electrons. The molecular weight excluding hydrogens is 1640 g/mol. The van der Waals surface area contributed by atoms with Crippen LogP contribution < -0.4 is 120 Å². The first-order valence-electron chi connectivity index (χ1n) is 35.9. The first-order valence-corrected chi connectivity index (χ1v) is 35.9. The number of aromatic amines is 1. The van der Waals surface area contributed by atoms with Crippen LogP contribution in [0.5, 0.6) is 0 Å². The number of nitrogens with one attached hydrogen (secondary N) is 10. The third-order valence-corrected chi connectivity index (χ3v) is 16.0. The van der Waals surface area contributed by atoms with Crippen molar-refractivity contribution >= 4 is 98.7 Å². The minimum atomic E-state index is -4.67. The van der Waals surface area contributed by atoms with E-state index in [4.69, 9.17) is 14.2 Å². The van der Waals surface area contributed by atoms with Gasteiger partial charge in [0, 0.05) is 55.9 Å². The molecule has 32 nitrogen and oxygen atoms in total. The largest absolute Gasteiger partial charge is 1.00 e. The van der Waals surface area contributed by atoms with Crippen molar-refractivity contribution < 1.29 is 175 Å². The second kappa shape index (κ2) is 48.5. The summed E-state index contributed by atoms with van der Waals surface area (Å²) in [6.07, 6.45) is -11.0. The standard InChI is InChI=1S/C45H61F3N8O11.C30H37F3N8O5.4ClH/c1-42(2,3)65-39(62)49-18-20-56(21-19-50-40(63)66-43(4,5)6)35(58)24-33(54-38(61)34(26-57)55-41(64)67-44(7,8)9)37(60)53-32(22-27-14-16-29(17-15-27)45(46,47)48)36(59)52-30-23-28-12-10-11-13-31(28)51-25-30;31-30(32,33)20-7-5-18(6-8-20)13-24(28(45)38-21-14-19-3-1-2-4-23(19)37-16-21)40-29(46)25(39-27(44)22(36)17-42)15-26(43)41(11-9-34)12-10-35;;;;/h10-17,23,25,32-34,57H,18-22,24,26H2,1-9H3,(H,49,62)(H,50,63)(H,52,59)(H,53,60)(H,54,61)(H,55,64);1-8,14,16,22,24-25,42H,9-13,15,17,34-36H2,(H,38,45)(H,39,44)(H,40,46);4*1H/t32-,33-,34+;22-,24+,25+;;;;/m01..../s1. The fraction of sp³-hybridized carbons (Fsp3) is 0.453. The van der Waals surface area contributed by atoms with Gasteiger partial charge >= 0.3 is 30.6 Å². The number of aliphatic hydroxyl groups is 2. The zero-order valence-corrected chi connectivity index (χ0v) is 68.8. The summed E-state index contributed by atoms with van der Waals surface area (Å²) in [4.78, 5) is 157. The Bertz CT molecular complexity index is 4220. The summed E-state index contributed by atoms with van der Waals surface area (Å²) in [5.41, 5.74) is 8.92. The maximum absolute atomic E-state index is 14.4. The van der Waals surface area contributed by atoms with Crippen LogP contribution in [0, 0.1) is 0 Å². The van der Waals surface area contributed by atoms with Crippen molar-refractivity contribution in [2.75, 3.05) is 76.2 Å². The number of aliphatic hydroxyl groups excluding tert-OH is 2. The van der Waals surface area contributed by atoms with Crippen LogP contribution in [0.15, 0.2) is 122 Å². The van der Waals surface area contributed by atoms with E-state index >= 15 is 0 Å². The second-order valence-corrected chi connectivity index (χ2v) is 28.9. The number of anilines is 2. The lowest BCUT2D eigenvalue weighted by Gasteiger charge is -2.28. The van der Waals surface area contributed by atoms with Gasteiger partial charge in [-0.2, -0.15) is 26.3 Å². The fourth-order valence-corrected chi connectivity index (χ4v) is 10.5. The molecule has 42 heteroatoms. The van der Waals surface area contributed by atoms with E-state index in [2.05, 4.69) is 75.0 Å². The number of benzene rings is 4. The highest BCUT2D eigenvalue weighted by atomic mass is 35.5. The van der Waals surface area contributed by atoms with Gasteiger partial charge in [-0.3, -0.25) is 43.3 Å². The Morgan fingerprint density at radius 1 is 0.462 bits per heavy atom. The molecule has 0 fully saturated rings. The first-order chi connectivity index (χ1) is 52.9. The topological polar surface area (TPSA) is 481 Å². The summed E-state index contributed by atoms with van der Waals surface area (Å²) in [5.74, 6) is -6.86. The first kappa shape index (κ1) is 105. The molecule has 0 saturated carbocycles. The molecule has 2 aromatic heterocycles. The Hall–Kier alpha value is -10.2. The second-order valence-electron chi connectivity index (χ2n) is 28.9. The summed E-state index contributed by atoms with van der Waals surface area (Å²) < 4.78 is 95.6. The molecule has 0 unspecified atom stereocenters. The number of alkyl carbamates (subject to hydrolysis) is 3. The molecule has 0 bridgehead atoms. The lowest BCUT2D eigenvalue weighted by atomic mass is 10.0. The fourth-order valence-electron chi connectivity index (χ4n) is 10.5. The molecule has 0 spiro atoms. The molecule has 0 radical (unpaired) electrons. The number of hydrogen-bond acceptors (Lipinski definition) is 17. The predicted molar refractivity (Wildman–Crippen MR) is 398 cm³/mol. The van der Waals surface area contributed by atoms with Gasteiger partial charge in [0.2, 0.25) is 46.9 Å². The zero-order chi connectivity index (χ0) is 84.2. The number of carbonyl (C=O) groups is 11. The highest BCUT2D eigenvalue weighted by molar-refractivity contribution is 6.02. The molecular formula is C75H102Cl4F6N16O16. The zero-order valence-electron chi connectivity index (χ0n) is 65.8. The Morgan fingerprint density at radius 2 is 0.846 bits per heavy atom. The molecule has 11 amide bonds. The van der Waals surface area contributed by atoms with Crippen LogP contribution in [0.3, 0.4) is 0 Å². The van der Waals surface area contributed by atoms with E-state index in [1.165, 1.54) is 23.2 Å². The molecule has 21 N–H and O–H groups in total. The molecule has 6 aromatic rings. The number of nitrogens with zero attached hydrogens (tertiary/aromatic N) is 3. The lowest BCUT2D eigenvalue weighted by molar-refractivity contribution is -0.409. The smallest absolute Gasteiger partial charge is 0.416 e. The summed E-state index contributed by atoms with van der Waals surface area (Å²) in [6, 6.07) is 16.5. The number of aromatic nitrogens is 2. The minimum absolute atomic E-state index is 0. The van der Waals surface area contributed by atoms with Gasteiger partial charge in [-0.1, -0.05) is 54.6 Å². The summed E-state index contributed by atoms with van der Waals surface area (Å²) in [5, 5.41) is 43.4. The molecule has 4 aromatic carbocycles. The number of para-hydroxylation sites is 2. The van der Waals surface area contributed by atoms with Gasteiger partial charge < -0.3 is 149 Å². The normalized spacial score (nSPS) is 12.8. The highest BCUT2D eigenvalue weighted by Gasteiger charge is 2.37. The molecule has 0 saturated heterocycles. The molecule has 0 aliphatic carbocycles. The van der Waals surface area contributed by atoms with Crippen LogP contribution in [-0.2, 0) is 77.8 Å². The Labute approximate surface area is 696 Å². The summed E-state index contributed by atoms with van der Waals surface area (Å²) >= 11 is 0. The number of ether oxygens (including phenoxy) is 3. The van der Waals surface area contributed by atoms with Gasteiger partial charge in [0.25, 0.3) is 5.91 Å². The monoisotopic (exact) mass is 1740 g/mol. The molecule has 0 aliphatic rings. The van der Waals surface area contributed by atoms with E-state index in [-0.39, 0.29) is 113 Å². The number of quaternary nitrogens is 3. The lowest BCUT2D eigenvalue weighted by Crippen LogP contribution is -3.00. The number of alkyl halides is 6.